The Morgan fingerprint density at radius 2 is 1.95 bits per heavy atom. The van der Waals surface area contributed by atoms with Crippen LogP contribution >= 0.6 is 0 Å². The Labute approximate surface area is 115 Å². The molecule has 1 aliphatic rings. The smallest absolute Gasteiger partial charge is 0.283 e. The molecule has 0 aromatic heterocycles. The number of hydrogen-bond donors (Lipinski definition) is 1. The van der Waals surface area contributed by atoms with Crippen LogP contribution in [-0.4, -0.2) is 26.7 Å². The Bertz CT molecular complexity index is 591. The third-order valence-electron chi connectivity index (χ3n) is 3.39. The summed E-state index contributed by atoms with van der Waals surface area (Å²) in [5.74, 6) is 0.429. The van der Waals surface area contributed by atoms with E-state index in [-0.39, 0.29) is 6.04 Å². The van der Waals surface area contributed by atoms with Crippen molar-refractivity contribution in [3.8, 4) is 0 Å². The summed E-state index contributed by atoms with van der Waals surface area (Å²) < 4.78 is 27.9. The molecule has 4 nitrogen and oxygen atoms in total. The molecular weight excluding hydrogens is 260 g/mol. The van der Waals surface area contributed by atoms with Gasteiger partial charge < -0.3 is 5.32 Å². The van der Waals surface area contributed by atoms with Gasteiger partial charge in [0, 0.05) is 18.0 Å². The number of rotatable bonds is 5. The van der Waals surface area contributed by atoms with E-state index < -0.39 is 10.0 Å². The predicted octanol–water partition coefficient (Wildman–Crippen LogP) is 2.20. The summed E-state index contributed by atoms with van der Waals surface area (Å²) in [6.45, 7) is 7.17. The van der Waals surface area contributed by atoms with Crippen LogP contribution in [0.2, 0.25) is 0 Å². The van der Waals surface area contributed by atoms with E-state index in [1.165, 1.54) is 0 Å². The third-order valence-corrected chi connectivity index (χ3v) is 4.76. The molecule has 0 spiro atoms. The number of hydrogen-bond acceptors (Lipinski definition) is 3. The molecule has 1 aromatic carbocycles. The van der Waals surface area contributed by atoms with Gasteiger partial charge in [0.25, 0.3) is 10.0 Å². The predicted molar refractivity (Wildman–Crippen MR) is 77.1 cm³/mol. The largest absolute Gasteiger partial charge is 0.314 e. The van der Waals surface area contributed by atoms with Crippen LogP contribution in [0.1, 0.15) is 32.8 Å². The van der Waals surface area contributed by atoms with Crippen molar-refractivity contribution in [3.63, 3.8) is 0 Å². The number of benzene rings is 1. The molecule has 104 valence electrons. The van der Waals surface area contributed by atoms with Crippen LogP contribution in [0.3, 0.4) is 0 Å². The second-order valence-electron chi connectivity index (χ2n) is 5.12. The maximum atomic E-state index is 12.0. The summed E-state index contributed by atoms with van der Waals surface area (Å²) in [4.78, 5) is 0.337. The average molecular weight is 280 g/mol. The van der Waals surface area contributed by atoms with Gasteiger partial charge in [-0.25, -0.2) is 0 Å². The van der Waals surface area contributed by atoms with E-state index in [9.17, 15) is 8.42 Å². The van der Waals surface area contributed by atoms with Crippen LogP contribution in [0.15, 0.2) is 33.6 Å². The standard InChI is InChI=1S/C14H20N2O2S/c1-4-15-12(10(2)3)9-13-11-7-5-6-8-14(11)19(17,18)16-13/h5-8,10,12,15H,4,9H2,1-3H3. The van der Waals surface area contributed by atoms with E-state index in [0.29, 0.717) is 22.9 Å². The van der Waals surface area contributed by atoms with E-state index in [1.54, 1.807) is 12.1 Å². The highest BCUT2D eigenvalue weighted by atomic mass is 32.2. The zero-order chi connectivity index (χ0) is 14.0. The van der Waals surface area contributed by atoms with Crippen LogP contribution < -0.4 is 5.32 Å². The normalized spacial score (nSPS) is 18.2. The Hall–Kier alpha value is -1.20. The topological polar surface area (TPSA) is 58.5 Å². The van der Waals surface area contributed by atoms with Gasteiger partial charge in [0.1, 0.15) is 0 Å². The first-order valence-electron chi connectivity index (χ1n) is 6.62. The van der Waals surface area contributed by atoms with Gasteiger partial charge in [0.05, 0.1) is 10.6 Å². The van der Waals surface area contributed by atoms with Gasteiger partial charge in [-0.3, -0.25) is 0 Å². The Kier molecular flexibility index (Phi) is 4.06. The van der Waals surface area contributed by atoms with Crippen LogP contribution in [0.25, 0.3) is 0 Å². The molecular formula is C14H20N2O2S. The van der Waals surface area contributed by atoms with E-state index in [1.807, 2.05) is 12.1 Å². The molecule has 0 amide bonds. The van der Waals surface area contributed by atoms with Gasteiger partial charge in [0.2, 0.25) is 0 Å². The molecule has 0 radical (unpaired) electrons. The molecule has 0 saturated heterocycles. The summed E-state index contributed by atoms with van der Waals surface area (Å²) in [5.41, 5.74) is 1.43. The highest BCUT2D eigenvalue weighted by Crippen LogP contribution is 2.28. The molecule has 0 aliphatic carbocycles. The number of sulfonamides is 1. The molecule has 2 rings (SSSR count). The summed E-state index contributed by atoms with van der Waals surface area (Å²) in [7, 11) is -3.48. The maximum Gasteiger partial charge on any atom is 0.283 e. The van der Waals surface area contributed by atoms with Crippen LogP contribution in [0, 0.1) is 5.92 Å². The number of nitrogens with one attached hydrogen (secondary N) is 1. The lowest BCUT2D eigenvalue weighted by atomic mass is 9.95. The van der Waals surface area contributed by atoms with Gasteiger partial charge in [-0.1, -0.05) is 39.0 Å². The van der Waals surface area contributed by atoms with Gasteiger partial charge in [-0.05, 0) is 18.5 Å². The lowest BCUT2D eigenvalue weighted by Crippen LogP contribution is -2.35. The first kappa shape index (κ1) is 14.2. The molecule has 1 aliphatic heterocycles. The molecule has 1 heterocycles. The van der Waals surface area contributed by atoms with Crippen molar-refractivity contribution in [2.24, 2.45) is 10.3 Å². The first-order chi connectivity index (χ1) is 8.95. The third kappa shape index (κ3) is 2.87. The lowest BCUT2D eigenvalue weighted by molar-refractivity contribution is 0.418. The van der Waals surface area contributed by atoms with Crippen molar-refractivity contribution < 1.29 is 8.42 Å². The van der Waals surface area contributed by atoms with Crippen molar-refractivity contribution >= 4 is 15.7 Å². The van der Waals surface area contributed by atoms with Gasteiger partial charge in [-0.2, -0.15) is 12.8 Å². The van der Waals surface area contributed by atoms with Crippen LogP contribution in [-0.2, 0) is 10.0 Å². The molecule has 0 bridgehead atoms. The summed E-state index contributed by atoms with van der Waals surface area (Å²) >= 11 is 0. The molecule has 19 heavy (non-hydrogen) atoms. The Morgan fingerprint density at radius 1 is 1.26 bits per heavy atom. The van der Waals surface area contributed by atoms with Gasteiger partial charge in [0.15, 0.2) is 0 Å². The van der Waals surface area contributed by atoms with Crippen molar-refractivity contribution in [3.05, 3.63) is 29.8 Å². The quantitative estimate of drug-likeness (QED) is 0.899. The van der Waals surface area contributed by atoms with E-state index >= 15 is 0 Å². The minimum absolute atomic E-state index is 0.241. The Balaban J connectivity index is 2.32. The SMILES string of the molecule is CCNC(CC1=NS(=O)(=O)c2ccccc21)C(C)C. The molecule has 1 atom stereocenters. The summed E-state index contributed by atoms with van der Waals surface area (Å²) in [6, 6.07) is 7.29. The number of fused-ring (bicyclic) bond motifs is 1. The van der Waals surface area contributed by atoms with Crippen molar-refractivity contribution in [1.29, 1.82) is 0 Å². The second kappa shape index (κ2) is 5.43. The van der Waals surface area contributed by atoms with Crippen molar-refractivity contribution in [1.82, 2.24) is 5.32 Å². The molecule has 5 heteroatoms. The minimum atomic E-state index is -3.48. The fourth-order valence-corrected chi connectivity index (χ4v) is 3.61. The fourth-order valence-electron chi connectivity index (χ4n) is 2.33. The molecule has 1 unspecified atom stereocenters. The molecule has 0 saturated carbocycles. The fraction of sp³-hybridized carbons (Fsp3) is 0.500. The first-order valence-corrected chi connectivity index (χ1v) is 8.06. The van der Waals surface area contributed by atoms with Crippen molar-refractivity contribution in [2.75, 3.05) is 6.54 Å². The number of nitrogens with zero attached hydrogens (tertiary/aromatic N) is 1. The minimum Gasteiger partial charge on any atom is -0.314 e. The van der Waals surface area contributed by atoms with Crippen molar-refractivity contribution in [2.45, 2.75) is 38.1 Å². The zero-order valence-corrected chi connectivity index (χ0v) is 12.4. The van der Waals surface area contributed by atoms with Crippen LogP contribution in [0.4, 0.5) is 0 Å². The maximum absolute atomic E-state index is 12.0. The monoisotopic (exact) mass is 280 g/mol. The van der Waals surface area contributed by atoms with Gasteiger partial charge >= 0.3 is 0 Å². The zero-order valence-electron chi connectivity index (χ0n) is 11.6. The van der Waals surface area contributed by atoms with E-state index in [2.05, 4.69) is 30.5 Å². The Morgan fingerprint density at radius 3 is 2.58 bits per heavy atom. The molecule has 0 fully saturated rings. The van der Waals surface area contributed by atoms with E-state index in [0.717, 1.165) is 12.1 Å². The summed E-state index contributed by atoms with van der Waals surface area (Å²) in [5, 5.41) is 3.39. The second-order valence-corrected chi connectivity index (χ2v) is 6.69. The van der Waals surface area contributed by atoms with E-state index in [4.69, 9.17) is 0 Å². The van der Waals surface area contributed by atoms with Crippen LogP contribution in [0.5, 0.6) is 0 Å². The highest BCUT2D eigenvalue weighted by molar-refractivity contribution is 7.90. The molecule has 1 N–H and O–H groups in total. The highest BCUT2D eigenvalue weighted by Gasteiger charge is 2.29. The summed E-state index contributed by atoms with van der Waals surface area (Å²) in [6.07, 6.45) is 0.641. The molecule has 1 aromatic rings. The average Bonchev–Trinajstić information content (AvgIpc) is 2.61. The lowest BCUT2D eigenvalue weighted by Gasteiger charge is -2.21. The van der Waals surface area contributed by atoms with Gasteiger partial charge in [-0.15, -0.1) is 0 Å².